The van der Waals surface area contributed by atoms with Crippen LogP contribution in [0.1, 0.15) is 12.5 Å². The van der Waals surface area contributed by atoms with Gasteiger partial charge < -0.3 is 10.6 Å². The van der Waals surface area contributed by atoms with Crippen LogP contribution < -0.4 is 10.6 Å². The van der Waals surface area contributed by atoms with E-state index in [0.717, 1.165) is 28.6 Å². The van der Waals surface area contributed by atoms with Crippen molar-refractivity contribution in [3.63, 3.8) is 0 Å². The lowest BCUT2D eigenvalue weighted by Gasteiger charge is -2.14. The molecule has 0 atom stereocenters. The van der Waals surface area contributed by atoms with Crippen molar-refractivity contribution >= 4 is 28.1 Å². The molecule has 0 aromatic heterocycles. The summed E-state index contributed by atoms with van der Waals surface area (Å²) in [6.07, 6.45) is 0.935. The van der Waals surface area contributed by atoms with Crippen molar-refractivity contribution in [1.29, 1.82) is 5.41 Å². The molecule has 3 N–H and O–H groups in total. The van der Waals surface area contributed by atoms with E-state index in [-0.39, 0.29) is 5.96 Å². The minimum absolute atomic E-state index is 0.275. The molecule has 0 saturated heterocycles. The highest BCUT2D eigenvalue weighted by molar-refractivity contribution is 6.07. The summed E-state index contributed by atoms with van der Waals surface area (Å²) in [5.74, 6) is 0.275. The number of nitrogens with one attached hydrogen (secondary N) is 3. The number of hydrogen-bond acceptors (Lipinski definition) is 1. The average Bonchev–Trinajstić information content (AvgIpc) is 2.55. The molecule has 0 heterocycles. The highest BCUT2D eigenvalue weighted by atomic mass is 15.1. The molecule has 0 aliphatic rings. The van der Waals surface area contributed by atoms with Gasteiger partial charge in [-0.2, -0.15) is 0 Å². The first-order valence-corrected chi connectivity index (χ1v) is 7.46. The molecule has 3 aromatic rings. The Morgan fingerprint density at radius 2 is 1.45 bits per heavy atom. The molecule has 22 heavy (non-hydrogen) atoms. The molecule has 0 spiro atoms. The Kier molecular flexibility index (Phi) is 4.05. The zero-order valence-electron chi connectivity index (χ0n) is 12.6. The lowest BCUT2D eigenvalue weighted by Crippen LogP contribution is -2.21. The molecule has 0 radical (unpaired) electrons. The Hall–Kier alpha value is -2.81. The van der Waals surface area contributed by atoms with E-state index in [1.807, 2.05) is 42.5 Å². The van der Waals surface area contributed by atoms with Crippen molar-refractivity contribution in [2.75, 3.05) is 10.6 Å². The van der Waals surface area contributed by atoms with Gasteiger partial charge in [0.2, 0.25) is 0 Å². The Labute approximate surface area is 130 Å². The van der Waals surface area contributed by atoms with Crippen molar-refractivity contribution in [1.82, 2.24) is 0 Å². The van der Waals surface area contributed by atoms with Crippen LogP contribution in [0.5, 0.6) is 0 Å². The number of fused-ring (bicyclic) bond motifs is 1. The van der Waals surface area contributed by atoms with Gasteiger partial charge in [0, 0.05) is 16.8 Å². The van der Waals surface area contributed by atoms with Crippen molar-refractivity contribution in [2.24, 2.45) is 0 Å². The van der Waals surface area contributed by atoms with Crippen LogP contribution in [0, 0.1) is 5.41 Å². The van der Waals surface area contributed by atoms with E-state index < -0.39 is 0 Å². The summed E-state index contributed by atoms with van der Waals surface area (Å²) in [5.41, 5.74) is 3.11. The van der Waals surface area contributed by atoms with Crippen molar-refractivity contribution in [2.45, 2.75) is 13.3 Å². The van der Waals surface area contributed by atoms with Crippen LogP contribution in [-0.4, -0.2) is 5.96 Å². The van der Waals surface area contributed by atoms with Crippen LogP contribution in [0.2, 0.25) is 0 Å². The minimum Gasteiger partial charge on any atom is -0.326 e. The van der Waals surface area contributed by atoms with Crippen LogP contribution in [-0.2, 0) is 6.42 Å². The third kappa shape index (κ3) is 2.93. The van der Waals surface area contributed by atoms with Crippen LogP contribution in [0.3, 0.4) is 0 Å². The topological polar surface area (TPSA) is 47.9 Å². The second kappa shape index (κ2) is 6.31. The number of hydrogen-bond donors (Lipinski definition) is 3. The highest BCUT2D eigenvalue weighted by Crippen LogP contribution is 2.23. The second-order valence-corrected chi connectivity index (χ2v) is 5.16. The molecule has 0 bridgehead atoms. The maximum absolute atomic E-state index is 8.19. The Morgan fingerprint density at radius 3 is 2.32 bits per heavy atom. The molecule has 0 unspecified atom stereocenters. The number of benzene rings is 3. The number of aryl methyl sites for hydroxylation is 1. The summed E-state index contributed by atoms with van der Waals surface area (Å²) in [4.78, 5) is 0. The molecule has 110 valence electrons. The maximum Gasteiger partial charge on any atom is 0.197 e. The minimum atomic E-state index is 0.275. The molecule has 0 saturated carbocycles. The Balaban J connectivity index is 1.82. The van der Waals surface area contributed by atoms with Gasteiger partial charge in [-0.05, 0) is 29.5 Å². The molecule has 3 nitrogen and oxygen atoms in total. The first-order valence-electron chi connectivity index (χ1n) is 7.46. The lowest BCUT2D eigenvalue weighted by atomic mass is 10.1. The summed E-state index contributed by atoms with van der Waals surface area (Å²) in [6.45, 7) is 2.11. The van der Waals surface area contributed by atoms with Gasteiger partial charge in [-0.15, -0.1) is 0 Å². The van der Waals surface area contributed by atoms with Crippen molar-refractivity contribution in [3.05, 3.63) is 72.3 Å². The van der Waals surface area contributed by atoms with E-state index in [0.29, 0.717) is 0 Å². The fourth-order valence-electron chi connectivity index (χ4n) is 2.59. The van der Waals surface area contributed by atoms with Crippen LogP contribution in [0.25, 0.3) is 10.8 Å². The quantitative estimate of drug-likeness (QED) is 0.476. The fraction of sp³-hybridized carbons (Fsp3) is 0.105. The van der Waals surface area contributed by atoms with Crippen molar-refractivity contribution in [3.8, 4) is 0 Å². The largest absolute Gasteiger partial charge is 0.326 e. The molecule has 0 amide bonds. The monoisotopic (exact) mass is 289 g/mol. The number of para-hydroxylation sites is 1. The lowest BCUT2D eigenvalue weighted by molar-refractivity contribution is 1.14. The van der Waals surface area contributed by atoms with Crippen molar-refractivity contribution < 1.29 is 0 Å². The molecular formula is C19H19N3. The van der Waals surface area contributed by atoms with Gasteiger partial charge in [-0.25, -0.2) is 0 Å². The zero-order chi connectivity index (χ0) is 15.4. The predicted molar refractivity (Wildman–Crippen MR) is 94.7 cm³/mol. The third-order valence-electron chi connectivity index (χ3n) is 3.71. The van der Waals surface area contributed by atoms with Crippen LogP contribution in [0.15, 0.2) is 66.7 Å². The standard InChI is InChI=1S/C19H19N3/c1-2-14-8-4-6-12-17(14)21-19(20)22-18-13-7-10-15-9-3-5-11-16(15)18/h3-13H,2H2,1H3,(H3,20,21,22). The fourth-order valence-corrected chi connectivity index (χ4v) is 2.59. The molecule has 3 aromatic carbocycles. The van der Waals surface area contributed by atoms with E-state index in [4.69, 9.17) is 5.41 Å². The SMILES string of the molecule is CCc1ccccc1NC(=N)Nc1cccc2ccccc12. The molecule has 0 aliphatic carbocycles. The Morgan fingerprint density at radius 1 is 0.818 bits per heavy atom. The smallest absolute Gasteiger partial charge is 0.197 e. The summed E-state index contributed by atoms with van der Waals surface area (Å²) >= 11 is 0. The van der Waals surface area contributed by atoms with Gasteiger partial charge in [0.15, 0.2) is 5.96 Å². The van der Waals surface area contributed by atoms with Gasteiger partial charge in [-0.1, -0.05) is 61.5 Å². The summed E-state index contributed by atoms with van der Waals surface area (Å²) in [5, 5.41) is 16.8. The number of rotatable bonds is 3. The molecule has 0 fully saturated rings. The molecule has 0 aliphatic heterocycles. The van der Waals surface area contributed by atoms with Gasteiger partial charge in [-0.3, -0.25) is 5.41 Å². The molecule has 3 heteroatoms. The average molecular weight is 289 g/mol. The van der Waals surface area contributed by atoms with E-state index in [9.17, 15) is 0 Å². The first-order chi connectivity index (χ1) is 10.8. The van der Waals surface area contributed by atoms with Crippen LogP contribution >= 0.6 is 0 Å². The normalized spacial score (nSPS) is 10.4. The second-order valence-electron chi connectivity index (χ2n) is 5.16. The number of guanidine groups is 1. The number of anilines is 2. The van der Waals surface area contributed by atoms with E-state index in [1.165, 1.54) is 5.56 Å². The highest BCUT2D eigenvalue weighted by Gasteiger charge is 2.05. The predicted octanol–water partition coefficient (Wildman–Crippen LogP) is 4.86. The molecular weight excluding hydrogens is 270 g/mol. The zero-order valence-corrected chi connectivity index (χ0v) is 12.6. The molecule has 3 rings (SSSR count). The van der Waals surface area contributed by atoms with Gasteiger partial charge in [0.25, 0.3) is 0 Å². The summed E-state index contributed by atoms with van der Waals surface area (Å²) in [6, 6.07) is 22.3. The van der Waals surface area contributed by atoms with Gasteiger partial charge in [0.05, 0.1) is 0 Å². The van der Waals surface area contributed by atoms with Gasteiger partial charge >= 0.3 is 0 Å². The maximum atomic E-state index is 8.19. The Bertz CT molecular complexity index is 803. The van der Waals surface area contributed by atoms with E-state index in [2.05, 4.69) is 41.8 Å². The summed E-state index contributed by atoms with van der Waals surface area (Å²) < 4.78 is 0. The van der Waals surface area contributed by atoms with Gasteiger partial charge in [0.1, 0.15) is 0 Å². The van der Waals surface area contributed by atoms with Crippen LogP contribution in [0.4, 0.5) is 11.4 Å². The summed E-state index contributed by atoms with van der Waals surface area (Å²) in [7, 11) is 0. The first kappa shape index (κ1) is 14.1. The van der Waals surface area contributed by atoms with E-state index in [1.54, 1.807) is 0 Å². The third-order valence-corrected chi connectivity index (χ3v) is 3.71. The van der Waals surface area contributed by atoms with E-state index >= 15 is 0 Å².